The summed E-state index contributed by atoms with van der Waals surface area (Å²) in [7, 11) is 0. The largest absolute Gasteiger partial charge is 0.379 e. The minimum atomic E-state index is 0.0132. The number of benzene rings is 1. The van der Waals surface area contributed by atoms with Crippen LogP contribution in [0.5, 0.6) is 0 Å². The molecule has 0 bridgehead atoms. The maximum absolute atomic E-state index is 12.3. The van der Waals surface area contributed by atoms with E-state index in [0.29, 0.717) is 12.5 Å². The van der Waals surface area contributed by atoms with Crippen LogP contribution >= 0.6 is 0 Å². The van der Waals surface area contributed by atoms with E-state index < -0.39 is 0 Å². The summed E-state index contributed by atoms with van der Waals surface area (Å²) in [6.45, 7) is 14.0. The van der Waals surface area contributed by atoms with Crippen molar-refractivity contribution in [2.24, 2.45) is 5.92 Å². The summed E-state index contributed by atoms with van der Waals surface area (Å²) < 4.78 is 5.36. The van der Waals surface area contributed by atoms with Gasteiger partial charge in [-0.1, -0.05) is 39.8 Å². The highest BCUT2D eigenvalue weighted by Crippen LogP contribution is 2.22. The van der Waals surface area contributed by atoms with Crippen LogP contribution in [0.2, 0.25) is 0 Å². The number of nitrogens with zero attached hydrogens (tertiary/aromatic N) is 1. The quantitative estimate of drug-likeness (QED) is 0.907. The van der Waals surface area contributed by atoms with Crippen molar-refractivity contribution in [3.05, 3.63) is 35.4 Å². The molecule has 1 heterocycles. The molecule has 128 valence electrons. The minimum Gasteiger partial charge on any atom is -0.379 e. The van der Waals surface area contributed by atoms with Crippen LogP contribution in [0, 0.1) is 5.92 Å². The molecule has 0 aliphatic carbocycles. The topological polar surface area (TPSA) is 41.6 Å². The van der Waals surface area contributed by atoms with Crippen LogP contribution in [0.25, 0.3) is 0 Å². The molecule has 1 aliphatic heterocycles. The number of carbonyl (C=O) groups is 1. The minimum absolute atomic E-state index is 0.0132. The Balaban J connectivity index is 1.79. The van der Waals surface area contributed by atoms with E-state index in [-0.39, 0.29) is 11.3 Å². The fraction of sp³-hybridized carbons (Fsp3) is 0.632. The van der Waals surface area contributed by atoms with Crippen molar-refractivity contribution in [3.8, 4) is 0 Å². The van der Waals surface area contributed by atoms with Crippen LogP contribution in [0.3, 0.4) is 0 Å². The van der Waals surface area contributed by atoms with E-state index in [1.165, 1.54) is 5.56 Å². The standard InChI is InChI=1S/C19H30N2O2/c1-15(14-21-9-11-23-12-10-21)13-20-18(22)16-5-7-17(8-6-16)19(2,3)4/h5-8,15H,9-14H2,1-4H3,(H,20,22). The van der Waals surface area contributed by atoms with E-state index in [9.17, 15) is 4.79 Å². The molecule has 2 rings (SSSR count). The molecule has 1 aromatic carbocycles. The van der Waals surface area contributed by atoms with E-state index in [1.807, 2.05) is 24.3 Å². The van der Waals surface area contributed by atoms with Gasteiger partial charge in [-0.05, 0) is 29.0 Å². The maximum Gasteiger partial charge on any atom is 0.251 e. The zero-order valence-corrected chi connectivity index (χ0v) is 14.9. The predicted octanol–water partition coefficient (Wildman–Crippen LogP) is 2.68. The number of hydrogen-bond donors (Lipinski definition) is 1. The zero-order valence-electron chi connectivity index (χ0n) is 14.9. The van der Waals surface area contributed by atoms with E-state index in [0.717, 1.165) is 38.4 Å². The summed E-state index contributed by atoms with van der Waals surface area (Å²) in [6.07, 6.45) is 0. The smallest absolute Gasteiger partial charge is 0.251 e. The van der Waals surface area contributed by atoms with Gasteiger partial charge in [0.2, 0.25) is 0 Å². The number of morpholine rings is 1. The molecule has 1 aliphatic rings. The Morgan fingerprint density at radius 3 is 2.39 bits per heavy atom. The summed E-state index contributed by atoms with van der Waals surface area (Å²) in [5.41, 5.74) is 2.09. The Morgan fingerprint density at radius 1 is 1.22 bits per heavy atom. The second kappa shape index (κ2) is 7.93. The van der Waals surface area contributed by atoms with E-state index >= 15 is 0 Å². The van der Waals surface area contributed by atoms with E-state index in [1.54, 1.807) is 0 Å². The number of ether oxygens (including phenoxy) is 1. The van der Waals surface area contributed by atoms with Crippen molar-refractivity contribution < 1.29 is 9.53 Å². The summed E-state index contributed by atoms with van der Waals surface area (Å²) >= 11 is 0. The number of nitrogens with one attached hydrogen (secondary N) is 1. The molecule has 4 heteroatoms. The third-order valence-corrected chi connectivity index (χ3v) is 4.30. The molecule has 4 nitrogen and oxygen atoms in total. The molecular formula is C19H30N2O2. The summed E-state index contributed by atoms with van der Waals surface area (Å²) in [4.78, 5) is 14.7. The lowest BCUT2D eigenvalue weighted by atomic mass is 9.87. The van der Waals surface area contributed by atoms with E-state index in [2.05, 4.69) is 37.9 Å². The monoisotopic (exact) mass is 318 g/mol. The van der Waals surface area contributed by atoms with Gasteiger partial charge in [0, 0.05) is 31.7 Å². The van der Waals surface area contributed by atoms with Crippen LogP contribution in [0.4, 0.5) is 0 Å². The van der Waals surface area contributed by atoms with Gasteiger partial charge in [-0.2, -0.15) is 0 Å². The highest BCUT2D eigenvalue weighted by Gasteiger charge is 2.16. The fourth-order valence-electron chi connectivity index (χ4n) is 2.78. The third-order valence-electron chi connectivity index (χ3n) is 4.30. The van der Waals surface area contributed by atoms with Crippen LogP contribution in [0.1, 0.15) is 43.6 Å². The van der Waals surface area contributed by atoms with Crippen LogP contribution < -0.4 is 5.32 Å². The highest BCUT2D eigenvalue weighted by molar-refractivity contribution is 5.94. The average Bonchev–Trinajstić information content (AvgIpc) is 2.53. The van der Waals surface area contributed by atoms with Crippen molar-refractivity contribution in [1.82, 2.24) is 10.2 Å². The molecule has 0 saturated carbocycles. The zero-order chi connectivity index (χ0) is 16.9. The normalized spacial score (nSPS) is 17.7. The molecule has 0 aromatic heterocycles. The summed E-state index contributed by atoms with van der Waals surface area (Å²) in [5, 5.41) is 3.05. The third kappa shape index (κ3) is 5.63. The second-order valence-electron chi connectivity index (χ2n) is 7.56. The number of hydrogen-bond acceptors (Lipinski definition) is 3. The molecule has 1 N–H and O–H groups in total. The Hall–Kier alpha value is -1.39. The Bertz CT molecular complexity index is 499. The van der Waals surface area contributed by atoms with Crippen molar-refractivity contribution in [2.45, 2.75) is 33.1 Å². The molecule has 1 unspecified atom stereocenters. The first-order chi connectivity index (χ1) is 10.9. The van der Waals surface area contributed by atoms with Gasteiger partial charge in [0.05, 0.1) is 13.2 Å². The van der Waals surface area contributed by atoms with Gasteiger partial charge in [-0.25, -0.2) is 0 Å². The number of amides is 1. The molecule has 0 radical (unpaired) electrons. The lowest BCUT2D eigenvalue weighted by Crippen LogP contribution is -2.41. The van der Waals surface area contributed by atoms with Crippen molar-refractivity contribution >= 4 is 5.91 Å². The molecule has 0 spiro atoms. The Kier molecular flexibility index (Phi) is 6.19. The molecule has 1 aromatic rings. The maximum atomic E-state index is 12.3. The van der Waals surface area contributed by atoms with Gasteiger partial charge in [-0.15, -0.1) is 0 Å². The summed E-state index contributed by atoms with van der Waals surface area (Å²) in [6, 6.07) is 7.93. The lowest BCUT2D eigenvalue weighted by molar-refractivity contribution is 0.0317. The van der Waals surface area contributed by atoms with Gasteiger partial charge >= 0.3 is 0 Å². The molecule has 1 saturated heterocycles. The molecule has 1 atom stereocenters. The number of carbonyl (C=O) groups excluding carboxylic acids is 1. The molecule has 1 fully saturated rings. The lowest BCUT2D eigenvalue weighted by Gasteiger charge is -2.29. The van der Waals surface area contributed by atoms with Crippen molar-refractivity contribution in [2.75, 3.05) is 39.4 Å². The van der Waals surface area contributed by atoms with Gasteiger partial charge in [0.15, 0.2) is 0 Å². The second-order valence-corrected chi connectivity index (χ2v) is 7.56. The van der Waals surface area contributed by atoms with E-state index in [4.69, 9.17) is 4.74 Å². The van der Waals surface area contributed by atoms with Crippen LogP contribution in [0.15, 0.2) is 24.3 Å². The Morgan fingerprint density at radius 2 is 1.83 bits per heavy atom. The molecule has 23 heavy (non-hydrogen) atoms. The summed E-state index contributed by atoms with van der Waals surface area (Å²) in [5.74, 6) is 0.449. The molecular weight excluding hydrogens is 288 g/mol. The van der Waals surface area contributed by atoms with Gasteiger partial charge < -0.3 is 10.1 Å². The van der Waals surface area contributed by atoms with Crippen LogP contribution in [-0.4, -0.2) is 50.2 Å². The van der Waals surface area contributed by atoms with Crippen molar-refractivity contribution in [3.63, 3.8) is 0 Å². The van der Waals surface area contributed by atoms with Gasteiger partial charge in [-0.3, -0.25) is 9.69 Å². The first kappa shape index (κ1) is 18.0. The average molecular weight is 318 g/mol. The van der Waals surface area contributed by atoms with Gasteiger partial charge in [0.25, 0.3) is 5.91 Å². The molecule has 1 amide bonds. The predicted molar refractivity (Wildman–Crippen MR) is 93.9 cm³/mol. The fourth-order valence-corrected chi connectivity index (χ4v) is 2.78. The SMILES string of the molecule is CC(CNC(=O)c1ccc(C(C)(C)C)cc1)CN1CCOCC1. The van der Waals surface area contributed by atoms with Gasteiger partial charge in [0.1, 0.15) is 0 Å². The number of rotatable bonds is 5. The highest BCUT2D eigenvalue weighted by atomic mass is 16.5. The first-order valence-electron chi connectivity index (χ1n) is 8.55. The first-order valence-corrected chi connectivity index (χ1v) is 8.55. The van der Waals surface area contributed by atoms with Crippen molar-refractivity contribution in [1.29, 1.82) is 0 Å². The Labute approximate surface area is 140 Å². The van der Waals surface area contributed by atoms with Crippen LogP contribution in [-0.2, 0) is 10.2 Å².